The first-order chi connectivity index (χ1) is 11.3. The van der Waals surface area contributed by atoms with Crippen molar-refractivity contribution in [2.45, 2.75) is 13.5 Å². The van der Waals surface area contributed by atoms with Crippen LogP contribution in [0.3, 0.4) is 0 Å². The molecule has 0 N–H and O–H groups in total. The van der Waals surface area contributed by atoms with Crippen LogP contribution in [0.25, 0.3) is 11.1 Å². The molecule has 2 aromatic carbocycles. The van der Waals surface area contributed by atoms with E-state index < -0.39 is 0 Å². The van der Waals surface area contributed by atoms with Gasteiger partial charge in [-0.15, -0.1) is 0 Å². The second-order valence-corrected chi connectivity index (χ2v) is 5.13. The maximum atomic E-state index is 5.70. The zero-order chi connectivity index (χ0) is 16.1. The molecule has 0 fully saturated rings. The van der Waals surface area contributed by atoms with Gasteiger partial charge in [0, 0.05) is 12.3 Å². The van der Waals surface area contributed by atoms with Crippen molar-refractivity contribution in [3.8, 4) is 23.0 Å². The smallest absolute Gasteiger partial charge is 0.320 e. The molecule has 4 heteroatoms. The number of hydrogen-bond donors (Lipinski definition) is 0. The lowest BCUT2D eigenvalue weighted by molar-refractivity contribution is 0.273. The molecule has 0 bridgehead atoms. The van der Waals surface area contributed by atoms with Gasteiger partial charge in [0.2, 0.25) is 5.88 Å². The Hall–Kier alpha value is -2.88. The summed E-state index contributed by atoms with van der Waals surface area (Å²) in [5.74, 6) is 0.491. The van der Waals surface area contributed by atoms with Crippen molar-refractivity contribution >= 4 is 0 Å². The summed E-state index contributed by atoms with van der Waals surface area (Å²) in [7, 11) is 1.57. The number of aromatic nitrogens is 2. The molecule has 1 heterocycles. The van der Waals surface area contributed by atoms with E-state index in [0.29, 0.717) is 18.5 Å². The predicted molar refractivity (Wildman–Crippen MR) is 89.5 cm³/mol. The van der Waals surface area contributed by atoms with Crippen molar-refractivity contribution in [3.05, 3.63) is 71.9 Å². The van der Waals surface area contributed by atoms with Gasteiger partial charge in [-0.1, -0.05) is 48.5 Å². The molecule has 3 aromatic rings. The van der Waals surface area contributed by atoms with E-state index >= 15 is 0 Å². The highest BCUT2D eigenvalue weighted by atomic mass is 16.5. The van der Waals surface area contributed by atoms with Gasteiger partial charge in [0.25, 0.3) is 0 Å². The lowest BCUT2D eigenvalue weighted by atomic mass is 9.97. The van der Waals surface area contributed by atoms with Crippen LogP contribution in [0.15, 0.2) is 60.8 Å². The monoisotopic (exact) mass is 306 g/mol. The molecule has 0 saturated heterocycles. The van der Waals surface area contributed by atoms with Crippen molar-refractivity contribution in [1.29, 1.82) is 0 Å². The van der Waals surface area contributed by atoms with Gasteiger partial charge in [0.15, 0.2) is 0 Å². The lowest BCUT2D eigenvalue weighted by Crippen LogP contribution is -2.02. The van der Waals surface area contributed by atoms with Crippen LogP contribution in [0, 0.1) is 6.92 Å². The molecular formula is C19H18N2O2. The molecule has 0 unspecified atom stereocenters. The Kier molecular flexibility index (Phi) is 4.52. The first kappa shape index (κ1) is 15.0. The Morgan fingerprint density at radius 3 is 2.57 bits per heavy atom. The summed E-state index contributed by atoms with van der Waals surface area (Å²) in [6, 6.07) is 18.5. The molecule has 0 aliphatic rings. The first-order valence-electron chi connectivity index (χ1n) is 7.41. The van der Waals surface area contributed by atoms with Crippen LogP contribution in [0.1, 0.15) is 11.1 Å². The van der Waals surface area contributed by atoms with Crippen LogP contribution in [0.5, 0.6) is 11.9 Å². The molecule has 4 nitrogen and oxygen atoms in total. The molecule has 0 amide bonds. The number of rotatable bonds is 5. The third kappa shape index (κ3) is 3.48. The van der Waals surface area contributed by atoms with Crippen molar-refractivity contribution in [2.75, 3.05) is 7.11 Å². The van der Waals surface area contributed by atoms with E-state index in [1.54, 1.807) is 19.4 Å². The molecule has 1 aromatic heterocycles. The lowest BCUT2D eigenvalue weighted by Gasteiger charge is -2.12. The molecule has 0 saturated carbocycles. The highest BCUT2D eigenvalue weighted by Crippen LogP contribution is 2.26. The van der Waals surface area contributed by atoms with Gasteiger partial charge in [-0.05, 0) is 29.2 Å². The Morgan fingerprint density at radius 2 is 1.78 bits per heavy atom. The van der Waals surface area contributed by atoms with E-state index in [-0.39, 0.29) is 0 Å². The minimum atomic E-state index is 0.314. The highest BCUT2D eigenvalue weighted by molar-refractivity contribution is 5.68. The SMILES string of the molecule is COc1ccnc(OCc2cccc(-c3ccccc3)c2C)n1. The van der Waals surface area contributed by atoms with E-state index in [9.17, 15) is 0 Å². The average Bonchev–Trinajstić information content (AvgIpc) is 2.62. The van der Waals surface area contributed by atoms with Crippen molar-refractivity contribution in [2.24, 2.45) is 0 Å². The molecular weight excluding hydrogens is 288 g/mol. The summed E-state index contributed by atoms with van der Waals surface area (Å²) in [6.07, 6.45) is 1.62. The molecule has 116 valence electrons. The van der Waals surface area contributed by atoms with Gasteiger partial charge in [-0.2, -0.15) is 4.98 Å². The molecule has 0 spiro atoms. The van der Waals surface area contributed by atoms with Crippen LogP contribution >= 0.6 is 0 Å². The summed E-state index contributed by atoms with van der Waals surface area (Å²) >= 11 is 0. The van der Waals surface area contributed by atoms with Gasteiger partial charge in [-0.25, -0.2) is 4.98 Å². The third-order valence-electron chi connectivity index (χ3n) is 3.70. The molecule has 0 atom stereocenters. The quantitative estimate of drug-likeness (QED) is 0.713. The van der Waals surface area contributed by atoms with E-state index in [1.807, 2.05) is 24.3 Å². The molecule has 0 aliphatic heterocycles. The summed E-state index contributed by atoms with van der Waals surface area (Å²) < 4.78 is 10.8. The number of methoxy groups -OCH3 is 1. The van der Waals surface area contributed by atoms with Crippen LogP contribution in [-0.2, 0) is 6.61 Å². The summed E-state index contributed by atoms with van der Waals surface area (Å²) in [4.78, 5) is 8.26. The van der Waals surface area contributed by atoms with Crippen molar-refractivity contribution in [1.82, 2.24) is 9.97 Å². The predicted octanol–water partition coefficient (Wildman–Crippen LogP) is 4.04. The topological polar surface area (TPSA) is 44.2 Å². The minimum absolute atomic E-state index is 0.314. The van der Waals surface area contributed by atoms with Crippen LogP contribution in [0.2, 0.25) is 0 Å². The zero-order valence-corrected chi connectivity index (χ0v) is 13.2. The Balaban J connectivity index is 1.81. The fourth-order valence-electron chi connectivity index (χ4n) is 2.42. The van der Waals surface area contributed by atoms with Gasteiger partial charge in [-0.3, -0.25) is 0 Å². The number of ether oxygens (including phenoxy) is 2. The first-order valence-corrected chi connectivity index (χ1v) is 7.41. The van der Waals surface area contributed by atoms with Crippen LogP contribution in [0.4, 0.5) is 0 Å². The highest BCUT2D eigenvalue weighted by Gasteiger charge is 2.08. The Bertz CT molecular complexity index is 788. The van der Waals surface area contributed by atoms with Crippen molar-refractivity contribution < 1.29 is 9.47 Å². The van der Waals surface area contributed by atoms with Gasteiger partial charge in [0.05, 0.1) is 7.11 Å². The van der Waals surface area contributed by atoms with E-state index in [2.05, 4.69) is 41.2 Å². The summed E-state index contributed by atoms with van der Waals surface area (Å²) in [5.41, 5.74) is 4.71. The normalized spacial score (nSPS) is 10.3. The molecule has 23 heavy (non-hydrogen) atoms. The molecule has 3 rings (SSSR count). The van der Waals surface area contributed by atoms with E-state index in [4.69, 9.17) is 9.47 Å². The van der Waals surface area contributed by atoms with Gasteiger partial charge >= 0.3 is 6.01 Å². The number of hydrogen-bond acceptors (Lipinski definition) is 4. The Morgan fingerprint density at radius 1 is 0.957 bits per heavy atom. The fraction of sp³-hybridized carbons (Fsp3) is 0.158. The van der Waals surface area contributed by atoms with E-state index in [0.717, 1.165) is 5.56 Å². The van der Waals surface area contributed by atoms with Gasteiger partial charge < -0.3 is 9.47 Å². The van der Waals surface area contributed by atoms with Gasteiger partial charge in [0.1, 0.15) is 6.61 Å². The number of nitrogens with zero attached hydrogens (tertiary/aromatic N) is 2. The largest absolute Gasteiger partial charge is 0.481 e. The average molecular weight is 306 g/mol. The van der Waals surface area contributed by atoms with Crippen molar-refractivity contribution in [3.63, 3.8) is 0 Å². The zero-order valence-electron chi connectivity index (χ0n) is 13.2. The second kappa shape index (κ2) is 6.92. The maximum absolute atomic E-state index is 5.70. The summed E-state index contributed by atoms with van der Waals surface area (Å²) in [6.45, 7) is 2.52. The second-order valence-electron chi connectivity index (χ2n) is 5.13. The standard InChI is InChI=1S/C19H18N2O2/c1-14-16(13-23-19-20-12-11-18(21-19)22-2)9-6-10-17(14)15-7-4-3-5-8-15/h3-12H,13H2,1-2H3. The fourth-order valence-corrected chi connectivity index (χ4v) is 2.42. The molecule has 0 radical (unpaired) electrons. The minimum Gasteiger partial charge on any atom is -0.481 e. The maximum Gasteiger partial charge on any atom is 0.320 e. The van der Waals surface area contributed by atoms with E-state index in [1.165, 1.54) is 16.7 Å². The van der Waals surface area contributed by atoms with Crippen LogP contribution < -0.4 is 9.47 Å². The number of benzene rings is 2. The third-order valence-corrected chi connectivity index (χ3v) is 3.70. The molecule has 0 aliphatic carbocycles. The van der Waals surface area contributed by atoms with Crippen LogP contribution in [-0.4, -0.2) is 17.1 Å². The summed E-state index contributed by atoms with van der Waals surface area (Å²) in [5, 5.41) is 0. The Labute approximate surface area is 135 Å².